The zero-order chi connectivity index (χ0) is 13.5. The van der Waals surface area contributed by atoms with Gasteiger partial charge < -0.3 is 10.1 Å². The summed E-state index contributed by atoms with van der Waals surface area (Å²) in [5.41, 5.74) is 0.635. The number of rotatable bonds is 6. The van der Waals surface area contributed by atoms with Crippen LogP contribution in [0.4, 0.5) is 5.69 Å². The summed E-state index contributed by atoms with van der Waals surface area (Å²) in [6.45, 7) is 4.95. The van der Waals surface area contributed by atoms with Gasteiger partial charge in [-0.3, -0.25) is 9.59 Å². The molecule has 96 valence electrons. The average Bonchev–Trinajstić information content (AvgIpc) is 2.36. The number of hydrogen-bond acceptors (Lipinski definition) is 3. The maximum Gasteiger partial charge on any atom is 0.235 e. The number of methoxy groups -OCH3 is 1. The number of carbonyl (C=O) groups is 2. The van der Waals surface area contributed by atoms with E-state index in [0.29, 0.717) is 17.9 Å². The van der Waals surface area contributed by atoms with Gasteiger partial charge in [-0.2, -0.15) is 0 Å². The second kappa shape index (κ2) is 6.59. The third kappa shape index (κ3) is 3.73. The molecule has 4 nitrogen and oxygen atoms in total. The van der Waals surface area contributed by atoms with Gasteiger partial charge >= 0.3 is 0 Å². The molecule has 1 atom stereocenters. The van der Waals surface area contributed by atoms with E-state index in [1.165, 1.54) is 6.92 Å². The molecule has 0 bridgehead atoms. The molecule has 1 N–H and O–H groups in total. The lowest BCUT2D eigenvalue weighted by atomic mass is 10.00. The summed E-state index contributed by atoms with van der Waals surface area (Å²) in [4.78, 5) is 23.2. The van der Waals surface area contributed by atoms with Crippen LogP contribution in [0.2, 0.25) is 0 Å². The number of ether oxygens (including phenoxy) is 1. The fraction of sp³-hybridized carbons (Fsp3) is 0.286. The van der Waals surface area contributed by atoms with E-state index in [9.17, 15) is 9.59 Å². The van der Waals surface area contributed by atoms with Crippen molar-refractivity contribution in [2.45, 2.75) is 13.3 Å². The van der Waals surface area contributed by atoms with Crippen LogP contribution in [0.1, 0.15) is 13.3 Å². The molecule has 0 aliphatic heterocycles. The highest BCUT2D eigenvalue weighted by Crippen LogP contribution is 2.16. The Hall–Kier alpha value is -2.10. The van der Waals surface area contributed by atoms with Crippen molar-refractivity contribution in [2.24, 2.45) is 5.92 Å². The van der Waals surface area contributed by atoms with Gasteiger partial charge in [0.05, 0.1) is 13.0 Å². The highest BCUT2D eigenvalue weighted by atomic mass is 16.5. The molecule has 0 saturated heterocycles. The first-order valence-electron chi connectivity index (χ1n) is 5.64. The molecule has 1 aromatic rings. The van der Waals surface area contributed by atoms with Crippen molar-refractivity contribution >= 4 is 17.4 Å². The number of nitrogens with one attached hydrogen (secondary N) is 1. The molecule has 0 aliphatic carbocycles. The molecule has 0 aliphatic rings. The second-order valence-corrected chi connectivity index (χ2v) is 3.91. The van der Waals surface area contributed by atoms with Gasteiger partial charge in [0, 0.05) is 5.69 Å². The largest absolute Gasteiger partial charge is 0.497 e. The first-order valence-corrected chi connectivity index (χ1v) is 5.64. The van der Waals surface area contributed by atoms with Gasteiger partial charge in [0.25, 0.3) is 0 Å². The minimum Gasteiger partial charge on any atom is -0.497 e. The Bertz CT molecular complexity index is 437. The summed E-state index contributed by atoms with van der Waals surface area (Å²) < 4.78 is 5.02. The molecule has 0 aromatic heterocycles. The van der Waals surface area contributed by atoms with Crippen LogP contribution in [-0.2, 0) is 9.59 Å². The molecule has 1 rings (SSSR count). The Balaban J connectivity index is 2.72. The van der Waals surface area contributed by atoms with Gasteiger partial charge in [-0.15, -0.1) is 6.58 Å². The van der Waals surface area contributed by atoms with Gasteiger partial charge in [-0.05, 0) is 37.6 Å². The van der Waals surface area contributed by atoms with Gasteiger partial charge in [0.15, 0.2) is 0 Å². The highest BCUT2D eigenvalue weighted by Gasteiger charge is 2.21. The van der Waals surface area contributed by atoms with Crippen LogP contribution < -0.4 is 10.1 Å². The van der Waals surface area contributed by atoms with Gasteiger partial charge in [-0.1, -0.05) is 6.08 Å². The number of carbonyl (C=O) groups excluding carboxylic acids is 2. The number of anilines is 1. The van der Waals surface area contributed by atoms with Crippen molar-refractivity contribution in [3.05, 3.63) is 36.9 Å². The predicted molar refractivity (Wildman–Crippen MR) is 70.6 cm³/mol. The summed E-state index contributed by atoms with van der Waals surface area (Å²) in [5.74, 6) is -0.444. The normalized spacial score (nSPS) is 11.4. The second-order valence-electron chi connectivity index (χ2n) is 3.91. The monoisotopic (exact) mass is 247 g/mol. The zero-order valence-corrected chi connectivity index (χ0v) is 10.6. The number of ketones is 1. The number of amides is 1. The quantitative estimate of drug-likeness (QED) is 0.620. The minimum absolute atomic E-state index is 0.166. The van der Waals surface area contributed by atoms with E-state index in [2.05, 4.69) is 11.9 Å². The molecular weight excluding hydrogens is 230 g/mol. The fourth-order valence-electron chi connectivity index (χ4n) is 1.53. The molecule has 1 aromatic carbocycles. The van der Waals surface area contributed by atoms with Crippen LogP contribution >= 0.6 is 0 Å². The Morgan fingerprint density at radius 3 is 2.44 bits per heavy atom. The van der Waals surface area contributed by atoms with Crippen LogP contribution in [0.5, 0.6) is 5.75 Å². The Morgan fingerprint density at radius 2 is 2.00 bits per heavy atom. The Labute approximate surface area is 107 Å². The SMILES string of the molecule is C=CC[C@H](C(C)=O)C(=O)Nc1ccc(OC)cc1. The fourth-order valence-corrected chi connectivity index (χ4v) is 1.53. The van der Waals surface area contributed by atoms with E-state index in [1.807, 2.05) is 0 Å². The third-order valence-electron chi connectivity index (χ3n) is 2.57. The molecule has 0 saturated carbocycles. The molecule has 4 heteroatoms. The van der Waals surface area contributed by atoms with Crippen LogP contribution in [-0.4, -0.2) is 18.8 Å². The molecule has 0 fully saturated rings. The molecule has 0 spiro atoms. The number of allylic oxidation sites excluding steroid dienone is 1. The van der Waals surface area contributed by atoms with Gasteiger partial charge in [-0.25, -0.2) is 0 Å². The lowest BCUT2D eigenvalue weighted by Gasteiger charge is -2.12. The Kier molecular flexibility index (Phi) is 5.11. The third-order valence-corrected chi connectivity index (χ3v) is 2.57. The van der Waals surface area contributed by atoms with Crippen LogP contribution in [0.25, 0.3) is 0 Å². The van der Waals surface area contributed by atoms with E-state index < -0.39 is 5.92 Å². The van der Waals surface area contributed by atoms with Crippen molar-refractivity contribution < 1.29 is 14.3 Å². The molecule has 1 amide bonds. The lowest BCUT2D eigenvalue weighted by molar-refractivity contribution is -0.129. The molecule has 18 heavy (non-hydrogen) atoms. The molecule has 0 unspecified atom stereocenters. The number of hydrogen-bond donors (Lipinski definition) is 1. The summed E-state index contributed by atoms with van der Waals surface area (Å²) in [7, 11) is 1.57. The van der Waals surface area contributed by atoms with E-state index >= 15 is 0 Å². The molecule has 0 radical (unpaired) electrons. The van der Waals surface area contributed by atoms with Crippen LogP contribution in [0.3, 0.4) is 0 Å². The van der Waals surface area contributed by atoms with Crippen molar-refractivity contribution in [3.8, 4) is 5.75 Å². The Morgan fingerprint density at radius 1 is 1.39 bits per heavy atom. The maximum atomic E-state index is 11.9. The lowest BCUT2D eigenvalue weighted by Crippen LogP contribution is -2.27. The van der Waals surface area contributed by atoms with Gasteiger partial charge in [0.2, 0.25) is 5.91 Å². The first-order chi connectivity index (χ1) is 8.58. The standard InChI is InChI=1S/C14H17NO3/c1-4-5-13(10(2)16)14(17)15-11-6-8-12(18-3)9-7-11/h4,6-9,13H,1,5H2,2-3H3,(H,15,17)/t13-/m1/s1. The molecule has 0 heterocycles. The van der Waals surface area contributed by atoms with E-state index in [4.69, 9.17) is 4.74 Å². The molecular formula is C14H17NO3. The van der Waals surface area contributed by atoms with Crippen molar-refractivity contribution in [2.75, 3.05) is 12.4 Å². The summed E-state index contributed by atoms with van der Waals surface area (Å²) in [5, 5.41) is 2.70. The van der Waals surface area contributed by atoms with Crippen molar-refractivity contribution in [1.29, 1.82) is 0 Å². The van der Waals surface area contributed by atoms with E-state index in [1.54, 1.807) is 37.5 Å². The van der Waals surface area contributed by atoms with E-state index in [0.717, 1.165) is 0 Å². The van der Waals surface area contributed by atoms with Crippen molar-refractivity contribution in [1.82, 2.24) is 0 Å². The zero-order valence-electron chi connectivity index (χ0n) is 10.6. The average molecular weight is 247 g/mol. The number of Topliss-reactive ketones (excluding diaryl/α,β-unsaturated/α-hetero) is 1. The maximum absolute atomic E-state index is 11.9. The highest BCUT2D eigenvalue weighted by molar-refractivity contribution is 6.06. The first kappa shape index (κ1) is 14.0. The number of benzene rings is 1. The minimum atomic E-state index is -0.676. The topological polar surface area (TPSA) is 55.4 Å². The van der Waals surface area contributed by atoms with Gasteiger partial charge in [0.1, 0.15) is 11.5 Å². The van der Waals surface area contributed by atoms with E-state index in [-0.39, 0.29) is 11.7 Å². The smallest absolute Gasteiger partial charge is 0.235 e. The van der Waals surface area contributed by atoms with Crippen LogP contribution in [0.15, 0.2) is 36.9 Å². The summed E-state index contributed by atoms with van der Waals surface area (Å²) in [6, 6.07) is 6.93. The van der Waals surface area contributed by atoms with Crippen molar-refractivity contribution in [3.63, 3.8) is 0 Å². The summed E-state index contributed by atoms with van der Waals surface area (Å²) >= 11 is 0. The summed E-state index contributed by atoms with van der Waals surface area (Å²) in [6.07, 6.45) is 1.91. The van der Waals surface area contributed by atoms with Crippen LogP contribution in [0, 0.1) is 5.92 Å². The predicted octanol–water partition coefficient (Wildman–Crippen LogP) is 2.42.